The number of likely N-dealkylation sites (tertiary alicyclic amines) is 1. The number of piperidine rings is 1. The van der Waals surface area contributed by atoms with Crippen LogP contribution >= 0.6 is 11.6 Å². The zero-order valence-corrected chi connectivity index (χ0v) is 20.4. The Morgan fingerprint density at radius 3 is 2.47 bits per heavy atom. The Hall–Kier alpha value is -2.87. The lowest BCUT2D eigenvalue weighted by Crippen LogP contribution is -2.54. The molecule has 0 bridgehead atoms. The maximum absolute atomic E-state index is 13.6. The molecule has 0 radical (unpaired) electrons. The molecule has 0 aliphatic carbocycles. The number of halogens is 1. The molecule has 1 N–H and O–H groups in total. The second kappa shape index (κ2) is 10.2. The molecule has 2 aliphatic heterocycles. The SMILES string of the molecule is CCCC[C@H]1[C@@H](C)n2nc(-c3ccc(Cl)cc3)cc2C(=O)N1CC(=O)N1CCC(C(=O)O)CC1. The molecule has 3 heterocycles. The van der Waals surface area contributed by atoms with Crippen molar-refractivity contribution in [2.45, 2.75) is 58.0 Å². The lowest BCUT2D eigenvalue weighted by atomic mass is 9.96. The van der Waals surface area contributed by atoms with Crippen molar-refractivity contribution in [3.8, 4) is 11.3 Å². The summed E-state index contributed by atoms with van der Waals surface area (Å²) in [6, 6.07) is 8.91. The third kappa shape index (κ3) is 4.82. The Morgan fingerprint density at radius 2 is 1.85 bits per heavy atom. The molecule has 4 rings (SSSR count). The fourth-order valence-electron chi connectivity index (χ4n) is 4.97. The minimum absolute atomic E-state index is 0.00322. The number of aliphatic carboxylic acids is 1. The maximum Gasteiger partial charge on any atom is 0.306 e. The summed E-state index contributed by atoms with van der Waals surface area (Å²) in [7, 11) is 0. The van der Waals surface area contributed by atoms with Crippen LogP contribution in [0.2, 0.25) is 5.02 Å². The van der Waals surface area contributed by atoms with Gasteiger partial charge in [-0.05, 0) is 44.4 Å². The van der Waals surface area contributed by atoms with Crippen LogP contribution in [-0.2, 0) is 9.59 Å². The predicted molar refractivity (Wildman–Crippen MR) is 129 cm³/mol. The minimum Gasteiger partial charge on any atom is -0.481 e. The second-order valence-corrected chi connectivity index (χ2v) is 9.68. The van der Waals surface area contributed by atoms with E-state index in [9.17, 15) is 19.5 Å². The van der Waals surface area contributed by atoms with Crippen LogP contribution < -0.4 is 0 Å². The van der Waals surface area contributed by atoms with Crippen molar-refractivity contribution < 1.29 is 19.5 Å². The van der Waals surface area contributed by atoms with Gasteiger partial charge in [0.05, 0.1) is 23.7 Å². The van der Waals surface area contributed by atoms with Crippen LogP contribution in [0.5, 0.6) is 0 Å². The first-order valence-electron chi connectivity index (χ1n) is 12.0. The number of hydrogen-bond donors (Lipinski definition) is 1. The van der Waals surface area contributed by atoms with E-state index >= 15 is 0 Å². The van der Waals surface area contributed by atoms with Crippen LogP contribution in [0.25, 0.3) is 11.3 Å². The Kier molecular flexibility index (Phi) is 7.26. The number of rotatable bonds is 7. The van der Waals surface area contributed by atoms with Gasteiger partial charge in [-0.2, -0.15) is 5.10 Å². The number of carbonyl (C=O) groups is 3. The molecule has 182 valence electrons. The molecular weight excluding hydrogens is 456 g/mol. The van der Waals surface area contributed by atoms with E-state index in [2.05, 4.69) is 6.92 Å². The number of carbonyl (C=O) groups excluding carboxylic acids is 2. The van der Waals surface area contributed by atoms with Crippen molar-refractivity contribution >= 4 is 29.4 Å². The second-order valence-electron chi connectivity index (χ2n) is 9.24. The Morgan fingerprint density at radius 1 is 1.18 bits per heavy atom. The van der Waals surface area contributed by atoms with Gasteiger partial charge in [-0.3, -0.25) is 19.1 Å². The van der Waals surface area contributed by atoms with E-state index in [-0.39, 0.29) is 30.4 Å². The number of amides is 2. The van der Waals surface area contributed by atoms with Crippen molar-refractivity contribution in [3.63, 3.8) is 0 Å². The summed E-state index contributed by atoms with van der Waals surface area (Å²) in [5.74, 6) is -1.53. The van der Waals surface area contributed by atoms with Crippen molar-refractivity contribution in [1.29, 1.82) is 0 Å². The highest BCUT2D eigenvalue weighted by atomic mass is 35.5. The molecule has 1 aromatic carbocycles. The summed E-state index contributed by atoms with van der Waals surface area (Å²) in [6.45, 7) is 4.97. The van der Waals surface area contributed by atoms with E-state index in [0.717, 1.165) is 24.8 Å². The van der Waals surface area contributed by atoms with Gasteiger partial charge < -0.3 is 14.9 Å². The highest BCUT2D eigenvalue weighted by molar-refractivity contribution is 6.30. The summed E-state index contributed by atoms with van der Waals surface area (Å²) in [5.41, 5.74) is 2.05. The molecule has 2 aromatic rings. The first kappa shape index (κ1) is 24.3. The lowest BCUT2D eigenvalue weighted by Gasteiger charge is -2.41. The fourth-order valence-corrected chi connectivity index (χ4v) is 5.09. The van der Waals surface area contributed by atoms with E-state index in [4.69, 9.17) is 16.7 Å². The average molecular weight is 487 g/mol. The van der Waals surface area contributed by atoms with Crippen molar-refractivity contribution in [2.24, 2.45) is 5.92 Å². The van der Waals surface area contributed by atoms with Crippen LogP contribution in [-0.4, -0.2) is 68.1 Å². The summed E-state index contributed by atoms with van der Waals surface area (Å²) in [5, 5.41) is 14.6. The maximum atomic E-state index is 13.6. The average Bonchev–Trinajstić information content (AvgIpc) is 3.28. The highest BCUT2D eigenvalue weighted by Gasteiger charge is 2.40. The van der Waals surface area contributed by atoms with Crippen molar-refractivity contribution in [1.82, 2.24) is 19.6 Å². The molecule has 2 atom stereocenters. The van der Waals surface area contributed by atoms with Gasteiger partial charge in [0, 0.05) is 23.7 Å². The van der Waals surface area contributed by atoms with Gasteiger partial charge in [0.2, 0.25) is 5.91 Å². The quantitative estimate of drug-likeness (QED) is 0.635. The van der Waals surface area contributed by atoms with Crippen LogP contribution in [0.4, 0.5) is 0 Å². The Labute approximate surface area is 204 Å². The van der Waals surface area contributed by atoms with E-state index in [0.29, 0.717) is 42.3 Å². The number of aromatic nitrogens is 2. The number of carboxylic acids is 1. The molecular formula is C25H31ClN4O4. The molecule has 34 heavy (non-hydrogen) atoms. The van der Waals surface area contributed by atoms with E-state index in [1.165, 1.54) is 0 Å². The smallest absolute Gasteiger partial charge is 0.306 e. The summed E-state index contributed by atoms with van der Waals surface area (Å²) in [4.78, 5) is 41.4. The number of unbranched alkanes of at least 4 members (excludes halogenated alkanes) is 1. The number of nitrogens with zero attached hydrogens (tertiary/aromatic N) is 4. The molecule has 9 heteroatoms. The van der Waals surface area contributed by atoms with Gasteiger partial charge in [-0.25, -0.2) is 0 Å². The van der Waals surface area contributed by atoms with E-state index < -0.39 is 11.9 Å². The zero-order valence-electron chi connectivity index (χ0n) is 19.6. The van der Waals surface area contributed by atoms with Gasteiger partial charge in [-0.15, -0.1) is 0 Å². The summed E-state index contributed by atoms with van der Waals surface area (Å²) < 4.78 is 1.80. The fraction of sp³-hybridized carbons (Fsp3) is 0.520. The predicted octanol–water partition coefficient (Wildman–Crippen LogP) is 4.10. The molecule has 1 aromatic heterocycles. The Bertz CT molecular complexity index is 1060. The number of benzene rings is 1. The molecule has 2 aliphatic rings. The van der Waals surface area contributed by atoms with E-state index in [1.807, 2.05) is 19.1 Å². The monoisotopic (exact) mass is 486 g/mol. The molecule has 0 unspecified atom stereocenters. The summed E-state index contributed by atoms with van der Waals surface area (Å²) in [6.07, 6.45) is 3.61. The first-order chi connectivity index (χ1) is 16.3. The first-order valence-corrected chi connectivity index (χ1v) is 12.3. The number of carboxylic acid groups (broad SMARTS) is 1. The topological polar surface area (TPSA) is 95.7 Å². The van der Waals surface area contributed by atoms with Crippen molar-refractivity contribution in [2.75, 3.05) is 19.6 Å². The Balaban J connectivity index is 1.57. The van der Waals surface area contributed by atoms with Crippen LogP contribution in [0.3, 0.4) is 0 Å². The highest BCUT2D eigenvalue weighted by Crippen LogP contribution is 2.33. The summed E-state index contributed by atoms with van der Waals surface area (Å²) >= 11 is 6.02. The lowest BCUT2D eigenvalue weighted by molar-refractivity contribution is -0.146. The third-order valence-electron chi connectivity index (χ3n) is 7.05. The van der Waals surface area contributed by atoms with Crippen LogP contribution in [0, 0.1) is 5.92 Å². The standard InChI is InChI=1S/C25H31ClN4O4/c1-3-4-5-21-16(2)30-22(14-20(27-30)17-6-8-19(26)9-7-17)24(32)29(21)15-23(31)28-12-10-18(11-13-28)25(33)34/h6-9,14,16,18,21H,3-5,10-13,15H2,1-2H3,(H,33,34)/t16-,21+/m1/s1. The number of hydrogen-bond acceptors (Lipinski definition) is 4. The van der Waals surface area contributed by atoms with Gasteiger partial charge >= 0.3 is 5.97 Å². The third-order valence-corrected chi connectivity index (χ3v) is 7.31. The van der Waals surface area contributed by atoms with Crippen LogP contribution in [0.15, 0.2) is 30.3 Å². The van der Waals surface area contributed by atoms with Crippen molar-refractivity contribution in [3.05, 3.63) is 41.0 Å². The molecule has 1 saturated heterocycles. The normalized spacial score (nSPS) is 21.0. The van der Waals surface area contributed by atoms with Gasteiger partial charge in [0.25, 0.3) is 5.91 Å². The van der Waals surface area contributed by atoms with Gasteiger partial charge in [-0.1, -0.05) is 43.5 Å². The molecule has 0 spiro atoms. The molecule has 8 nitrogen and oxygen atoms in total. The molecule has 1 fully saturated rings. The zero-order chi connectivity index (χ0) is 24.4. The largest absolute Gasteiger partial charge is 0.481 e. The van der Waals surface area contributed by atoms with Crippen LogP contribution in [0.1, 0.15) is 62.5 Å². The van der Waals surface area contributed by atoms with E-state index in [1.54, 1.807) is 32.7 Å². The minimum atomic E-state index is -0.809. The number of fused-ring (bicyclic) bond motifs is 1. The molecule has 2 amide bonds. The van der Waals surface area contributed by atoms with Gasteiger partial charge in [0.15, 0.2) is 0 Å². The van der Waals surface area contributed by atoms with Gasteiger partial charge in [0.1, 0.15) is 12.2 Å². The molecule has 0 saturated carbocycles.